The molecule has 4 saturated carbocycles. The highest BCUT2D eigenvalue weighted by molar-refractivity contribution is 5.95. The number of hydrogen-bond acceptors (Lipinski definition) is 4. The third-order valence-corrected chi connectivity index (χ3v) is 8.35. The van der Waals surface area contributed by atoms with Crippen LogP contribution in [-0.4, -0.2) is 58.8 Å². The Balaban J connectivity index is 1.24. The fraction of sp³-hybridized carbons (Fsp3) is 0.654. The third kappa shape index (κ3) is 4.52. The molecule has 2 aromatic rings. The summed E-state index contributed by atoms with van der Waals surface area (Å²) in [7, 11) is 0. The van der Waals surface area contributed by atoms with E-state index in [2.05, 4.69) is 34.4 Å². The van der Waals surface area contributed by atoms with Crippen LogP contribution in [0.5, 0.6) is 0 Å². The highest BCUT2D eigenvalue weighted by atomic mass is 16.2. The first kappa shape index (κ1) is 22.4. The fourth-order valence-electron chi connectivity index (χ4n) is 7.13. The second-order valence-electron chi connectivity index (χ2n) is 10.6. The Morgan fingerprint density at radius 2 is 1.70 bits per heavy atom. The Labute approximate surface area is 196 Å². The number of carbonyl (C=O) groups excluding carboxylic acids is 2. The van der Waals surface area contributed by atoms with Crippen LogP contribution in [0.4, 0.5) is 0 Å². The van der Waals surface area contributed by atoms with E-state index in [9.17, 15) is 9.59 Å². The largest absolute Gasteiger partial charge is 0.350 e. The molecule has 2 amide bonds. The Kier molecular flexibility index (Phi) is 6.16. The number of nitrogens with zero attached hydrogens (tertiary/aromatic N) is 3. The van der Waals surface area contributed by atoms with Crippen molar-refractivity contribution in [1.82, 2.24) is 24.9 Å². The number of aromatic nitrogens is 2. The summed E-state index contributed by atoms with van der Waals surface area (Å²) in [6.07, 6.45) is 9.71. The molecule has 7 heteroatoms. The van der Waals surface area contributed by atoms with E-state index in [0.29, 0.717) is 29.0 Å². The highest BCUT2D eigenvalue weighted by Gasteiger charge is 2.50. The van der Waals surface area contributed by atoms with Gasteiger partial charge >= 0.3 is 0 Å². The molecule has 0 aromatic carbocycles. The Bertz CT molecular complexity index is 990. The summed E-state index contributed by atoms with van der Waals surface area (Å²) in [6, 6.07) is 5.48. The maximum absolute atomic E-state index is 13.2. The van der Waals surface area contributed by atoms with Gasteiger partial charge in [0.25, 0.3) is 11.8 Å². The van der Waals surface area contributed by atoms with Crippen LogP contribution in [0.25, 0.3) is 5.65 Å². The fourth-order valence-corrected chi connectivity index (χ4v) is 7.13. The summed E-state index contributed by atoms with van der Waals surface area (Å²) in [4.78, 5) is 32.5. The molecule has 4 bridgehead atoms. The molecule has 0 spiro atoms. The normalized spacial score (nSPS) is 27.9. The molecule has 0 radical (unpaired) electrons. The number of hydrogen-bond donors (Lipinski definition) is 2. The van der Waals surface area contributed by atoms with Gasteiger partial charge in [0, 0.05) is 25.8 Å². The minimum absolute atomic E-state index is 0.0813. The smallest absolute Gasteiger partial charge is 0.271 e. The molecule has 2 aromatic heterocycles. The average Bonchev–Trinajstić information content (AvgIpc) is 3.24. The van der Waals surface area contributed by atoms with Crippen molar-refractivity contribution in [2.24, 2.45) is 23.2 Å². The minimum Gasteiger partial charge on any atom is -0.350 e. The van der Waals surface area contributed by atoms with Crippen LogP contribution in [0.2, 0.25) is 0 Å². The molecule has 0 atom stereocenters. The predicted molar refractivity (Wildman–Crippen MR) is 128 cm³/mol. The quantitative estimate of drug-likeness (QED) is 0.613. The van der Waals surface area contributed by atoms with Crippen molar-refractivity contribution in [3.63, 3.8) is 0 Å². The van der Waals surface area contributed by atoms with Crippen molar-refractivity contribution in [2.45, 2.75) is 52.4 Å². The number of nitrogens with one attached hydrogen (secondary N) is 2. The van der Waals surface area contributed by atoms with Gasteiger partial charge in [-0.2, -0.15) is 0 Å². The molecule has 0 aliphatic heterocycles. The molecule has 0 saturated heterocycles. The lowest BCUT2D eigenvalue weighted by Crippen LogP contribution is -2.51. The van der Waals surface area contributed by atoms with Gasteiger partial charge in [-0.05, 0) is 86.9 Å². The number of carbonyl (C=O) groups is 2. The van der Waals surface area contributed by atoms with Gasteiger partial charge in [-0.1, -0.05) is 19.9 Å². The van der Waals surface area contributed by atoms with Crippen LogP contribution in [0, 0.1) is 23.2 Å². The zero-order valence-corrected chi connectivity index (χ0v) is 20.0. The van der Waals surface area contributed by atoms with E-state index in [-0.39, 0.29) is 11.8 Å². The van der Waals surface area contributed by atoms with Gasteiger partial charge in [0.05, 0.1) is 0 Å². The Morgan fingerprint density at radius 1 is 1.03 bits per heavy atom. The lowest BCUT2D eigenvalue weighted by atomic mass is 9.49. The van der Waals surface area contributed by atoms with Gasteiger partial charge in [0.15, 0.2) is 0 Å². The standard InChI is InChI=1S/C26H37N5O2/c1-3-30(4-2)9-8-27-24(32)21-16-31-22(6-5-7-23(31)29-21)25(33)28-17-26-13-18-10-19(14-26)12-20(11-18)15-26/h5-7,16,18-20H,3-4,8-15,17H2,1-2H3,(H,27,32)(H,28,33). The molecule has 4 fully saturated rings. The second-order valence-corrected chi connectivity index (χ2v) is 10.6. The van der Waals surface area contributed by atoms with Crippen LogP contribution in [0.1, 0.15) is 73.3 Å². The summed E-state index contributed by atoms with van der Waals surface area (Å²) in [5.74, 6) is 2.32. The van der Waals surface area contributed by atoms with Gasteiger partial charge in [0.1, 0.15) is 17.0 Å². The van der Waals surface area contributed by atoms with Crippen molar-refractivity contribution >= 4 is 17.5 Å². The van der Waals surface area contributed by atoms with Crippen molar-refractivity contribution in [1.29, 1.82) is 0 Å². The maximum atomic E-state index is 13.2. The van der Waals surface area contributed by atoms with E-state index in [1.165, 1.54) is 38.5 Å². The van der Waals surface area contributed by atoms with Crippen LogP contribution < -0.4 is 10.6 Å². The molecule has 178 valence electrons. The first-order chi connectivity index (χ1) is 16.0. The zero-order chi connectivity index (χ0) is 23.0. The number of imidazole rings is 1. The molecule has 7 nitrogen and oxygen atoms in total. The van der Waals surface area contributed by atoms with E-state index in [4.69, 9.17) is 0 Å². The number of fused-ring (bicyclic) bond motifs is 1. The molecule has 0 unspecified atom stereocenters. The molecule has 4 aliphatic carbocycles. The molecule has 2 heterocycles. The van der Waals surface area contributed by atoms with Crippen LogP contribution >= 0.6 is 0 Å². The average molecular weight is 452 g/mol. The summed E-state index contributed by atoms with van der Waals surface area (Å²) >= 11 is 0. The van der Waals surface area contributed by atoms with E-state index in [0.717, 1.165) is 43.9 Å². The van der Waals surface area contributed by atoms with Crippen LogP contribution in [-0.2, 0) is 0 Å². The predicted octanol–water partition coefficient (Wildman–Crippen LogP) is 3.35. The van der Waals surface area contributed by atoms with E-state index in [1.54, 1.807) is 10.6 Å². The van der Waals surface area contributed by atoms with E-state index in [1.807, 2.05) is 18.2 Å². The maximum Gasteiger partial charge on any atom is 0.271 e. The number of amides is 2. The molecule has 6 rings (SSSR count). The lowest BCUT2D eigenvalue weighted by molar-refractivity contribution is -0.0503. The topological polar surface area (TPSA) is 78.7 Å². The van der Waals surface area contributed by atoms with Gasteiger partial charge < -0.3 is 15.5 Å². The van der Waals surface area contributed by atoms with E-state index < -0.39 is 0 Å². The highest BCUT2D eigenvalue weighted by Crippen LogP contribution is 2.59. The zero-order valence-electron chi connectivity index (χ0n) is 20.0. The van der Waals surface area contributed by atoms with Crippen LogP contribution in [0.3, 0.4) is 0 Å². The second kappa shape index (κ2) is 9.09. The SMILES string of the molecule is CCN(CC)CCNC(=O)c1cn2c(C(=O)NCC34CC5CC(CC(C5)C3)C4)cccc2n1. The lowest BCUT2D eigenvalue weighted by Gasteiger charge is -2.56. The number of rotatable bonds is 9. The van der Waals surface area contributed by atoms with Crippen LogP contribution in [0.15, 0.2) is 24.4 Å². The van der Waals surface area contributed by atoms with Gasteiger partial charge in [-0.15, -0.1) is 0 Å². The number of likely N-dealkylation sites (N-methyl/N-ethyl adjacent to an activating group) is 1. The Hall–Kier alpha value is -2.41. The van der Waals surface area contributed by atoms with Gasteiger partial charge in [-0.25, -0.2) is 4.98 Å². The monoisotopic (exact) mass is 451 g/mol. The molecule has 2 N–H and O–H groups in total. The first-order valence-electron chi connectivity index (χ1n) is 12.8. The van der Waals surface area contributed by atoms with Crippen molar-refractivity contribution in [2.75, 3.05) is 32.7 Å². The van der Waals surface area contributed by atoms with Gasteiger partial charge in [0.2, 0.25) is 0 Å². The first-order valence-corrected chi connectivity index (χ1v) is 12.8. The summed E-state index contributed by atoms with van der Waals surface area (Å²) in [5, 5.41) is 6.20. The van der Waals surface area contributed by atoms with Gasteiger partial charge in [-0.3, -0.25) is 14.0 Å². The van der Waals surface area contributed by atoms with Crippen molar-refractivity contribution in [3.8, 4) is 0 Å². The Morgan fingerprint density at radius 3 is 2.33 bits per heavy atom. The van der Waals surface area contributed by atoms with Crippen molar-refractivity contribution in [3.05, 3.63) is 35.8 Å². The summed E-state index contributed by atoms with van der Waals surface area (Å²) in [5.41, 5.74) is 1.79. The molecule has 33 heavy (non-hydrogen) atoms. The minimum atomic E-state index is -0.203. The summed E-state index contributed by atoms with van der Waals surface area (Å²) in [6.45, 7) is 8.30. The van der Waals surface area contributed by atoms with Crippen molar-refractivity contribution < 1.29 is 9.59 Å². The summed E-state index contributed by atoms with van der Waals surface area (Å²) < 4.78 is 1.74. The molecular formula is C26H37N5O2. The van der Waals surface area contributed by atoms with E-state index >= 15 is 0 Å². The third-order valence-electron chi connectivity index (χ3n) is 8.35. The number of pyridine rings is 1. The molecular weight excluding hydrogens is 414 g/mol. The molecule has 4 aliphatic rings.